The normalized spacial score (nSPS) is 14.3. The fourth-order valence-electron chi connectivity index (χ4n) is 3.16. The van der Waals surface area contributed by atoms with Gasteiger partial charge in [0.25, 0.3) is 5.91 Å². The van der Waals surface area contributed by atoms with Crippen LogP contribution in [0.1, 0.15) is 15.9 Å². The van der Waals surface area contributed by atoms with Gasteiger partial charge in [-0.2, -0.15) is 0 Å². The summed E-state index contributed by atoms with van der Waals surface area (Å²) < 4.78 is 12.9. The molecule has 0 radical (unpaired) electrons. The molecule has 0 aliphatic carbocycles. The SMILES string of the molecule is O=C(NCc1ccc(F)cc1)C1CN(C(=O)c2c[nH]c3ccccc23)C1. The average molecular weight is 351 g/mol. The van der Waals surface area contributed by atoms with Crippen LogP contribution in [0.4, 0.5) is 4.39 Å². The van der Waals surface area contributed by atoms with Gasteiger partial charge in [0.15, 0.2) is 0 Å². The lowest BCUT2D eigenvalue weighted by molar-refractivity contribution is -0.129. The number of carbonyl (C=O) groups excluding carboxylic acids is 2. The summed E-state index contributed by atoms with van der Waals surface area (Å²) in [5.41, 5.74) is 2.39. The fraction of sp³-hybridized carbons (Fsp3) is 0.200. The number of likely N-dealkylation sites (tertiary alicyclic amines) is 1. The molecule has 0 saturated carbocycles. The van der Waals surface area contributed by atoms with E-state index in [-0.39, 0.29) is 23.5 Å². The van der Waals surface area contributed by atoms with Gasteiger partial charge in [0.05, 0.1) is 11.5 Å². The van der Waals surface area contributed by atoms with E-state index in [4.69, 9.17) is 0 Å². The number of nitrogens with zero attached hydrogens (tertiary/aromatic N) is 1. The quantitative estimate of drug-likeness (QED) is 0.759. The minimum Gasteiger partial charge on any atom is -0.360 e. The van der Waals surface area contributed by atoms with E-state index in [2.05, 4.69) is 10.3 Å². The van der Waals surface area contributed by atoms with E-state index in [9.17, 15) is 14.0 Å². The third-order valence-corrected chi connectivity index (χ3v) is 4.74. The van der Waals surface area contributed by atoms with Crippen molar-refractivity contribution in [3.05, 3.63) is 71.7 Å². The number of para-hydroxylation sites is 1. The van der Waals surface area contributed by atoms with Crippen molar-refractivity contribution < 1.29 is 14.0 Å². The topological polar surface area (TPSA) is 65.2 Å². The molecule has 2 heterocycles. The molecular weight excluding hydrogens is 333 g/mol. The van der Waals surface area contributed by atoms with E-state index >= 15 is 0 Å². The van der Waals surface area contributed by atoms with Crippen LogP contribution in [0.25, 0.3) is 10.9 Å². The van der Waals surface area contributed by atoms with Crippen molar-refractivity contribution in [3.8, 4) is 0 Å². The first kappa shape index (κ1) is 16.3. The lowest BCUT2D eigenvalue weighted by Crippen LogP contribution is -2.55. The lowest BCUT2D eigenvalue weighted by Gasteiger charge is -2.38. The van der Waals surface area contributed by atoms with E-state index < -0.39 is 0 Å². The number of aromatic nitrogens is 1. The summed E-state index contributed by atoms with van der Waals surface area (Å²) >= 11 is 0. The Morgan fingerprint density at radius 1 is 1.12 bits per heavy atom. The summed E-state index contributed by atoms with van der Waals surface area (Å²) in [7, 11) is 0. The fourth-order valence-corrected chi connectivity index (χ4v) is 3.16. The van der Waals surface area contributed by atoms with E-state index in [0.29, 0.717) is 25.2 Å². The molecule has 0 atom stereocenters. The summed E-state index contributed by atoms with van der Waals surface area (Å²) in [4.78, 5) is 29.6. The Morgan fingerprint density at radius 3 is 2.62 bits per heavy atom. The smallest absolute Gasteiger partial charge is 0.256 e. The van der Waals surface area contributed by atoms with E-state index in [0.717, 1.165) is 16.5 Å². The van der Waals surface area contributed by atoms with Crippen molar-refractivity contribution in [1.82, 2.24) is 15.2 Å². The maximum absolute atomic E-state index is 12.9. The van der Waals surface area contributed by atoms with Gasteiger partial charge in [-0.25, -0.2) is 4.39 Å². The van der Waals surface area contributed by atoms with Crippen molar-refractivity contribution >= 4 is 22.7 Å². The zero-order valence-corrected chi connectivity index (χ0v) is 14.0. The zero-order chi connectivity index (χ0) is 18.1. The maximum Gasteiger partial charge on any atom is 0.256 e. The highest BCUT2D eigenvalue weighted by Gasteiger charge is 2.36. The van der Waals surface area contributed by atoms with Gasteiger partial charge < -0.3 is 15.2 Å². The molecule has 26 heavy (non-hydrogen) atoms. The van der Waals surface area contributed by atoms with Crippen LogP contribution in [0.15, 0.2) is 54.7 Å². The van der Waals surface area contributed by atoms with Crippen molar-refractivity contribution in [2.24, 2.45) is 5.92 Å². The second kappa shape index (κ2) is 6.63. The average Bonchev–Trinajstić information content (AvgIpc) is 3.04. The highest BCUT2D eigenvalue weighted by molar-refractivity contribution is 6.07. The molecule has 1 aliphatic heterocycles. The van der Waals surface area contributed by atoms with E-state index in [1.165, 1.54) is 12.1 Å². The van der Waals surface area contributed by atoms with Gasteiger partial charge >= 0.3 is 0 Å². The molecule has 1 saturated heterocycles. The van der Waals surface area contributed by atoms with Gasteiger partial charge in [0, 0.05) is 36.7 Å². The van der Waals surface area contributed by atoms with Gasteiger partial charge in [0.1, 0.15) is 5.82 Å². The number of fused-ring (bicyclic) bond motifs is 1. The molecule has 0 spiro atoms. The highest BCUT2D eigenvalue weighted by atomic mass is 19.1. The third kappa shape index (κ3) is 3.06. The van der Waals surface area contributed by atoms with Crippen LogP contribution < -0.4 is 5.32 Å². The van der Waals surface area contributed by atoms with E-state index in [1.807, 2.05) is 24.3 Å². The maximum atomic E-state index is 12.9. The van der Waals surface area contributed by atoms with Crippen molar-refractivity contribution in [2.45, 2.75) is 6.54 Å². The van der Waals surface area contributed by atoms with Crippen molar-refractivity contribution in [1.29, 1.82) is 0 Å². The van der Waals surface area contributed by atoms with Crippen LogP contribution in [0, 0.1) is 11.7 Å². The van der Waals surface area contributed by atoms with E-state index in [1.54, 1.807) is 23.2 Å². The lowest BCUT2D eigenvalue weighted by atomic mass is 9.97. The Labute approximate surface area is 149 Å². The van der Waals surface area contributed by atoms with Crippen molar-refractivity contribution in [3.63, 3.8) is 0 Å². The molecule has 0 unspecified atom stereocenters. The first-order valence-corrected chi connectivity index (χ1v) is 8.49. The van der Waals surface area contributed by atoms with Crippen LogP contribution in [-0.2, 0) is 11.3 Å². The molecule has 6 heteroatoms. The number of nitrogens with one attached hydrogen (secondary N) is 2. The summed E-state index contributed by atoms with van der Waals surface area (Å²) in [5, 5.41) is 3.73. The minimum atomic E-state index is -0.300. The number of carbonyl (C=O) groups is 2. The Balaban J connectivity index is 1.32. The molecule has 5 nitrogen and oxygen atoms in total. The monoisotopic (exact) mass is 351 g/mol. The Hall–Kier alpha value is -3.15. The number of aromatic amines is 1. The molecule has 2 amide bonds. The molecule has 1 aliphatic rings. The first-order chi connectivity index (χ1) is 12.6. The molecule has 4 rings (SSSR count). The first-order valence-electron chi connectivity index (χ1n) is 8.49. The number of hydrogen-bond donors (Lipinski definition) is 2. The number of benzene rings is 2. The summed E-state index contributed by atoms with van der Waals surface area (Å²) in [6.07, 6.45) is 1.72. The van der Waals surface area contributed by atoms with Crippen molar-refractivity contribution in [2.75, 3.05) is 13.1 Å². The predicted octanol–water partition coefficient (Wildman–Crippen LogP) is 2.70. The van der Waals surface area contributed by atoms with Crippen LogP contribution >= 0.6 is 0 Å². The van der Waals surface area contributed by atoms with Gasteiger partial charge in [-0.1, -0.05) is 30.3 Å². The molecule has 2 aromatic carbocycles. The van der Waals surface area contributed by atoms with Gasteiger partial charge in [-0.05, 0) is 23.8 Å². The Bertz CT molecular complexity index is 959. The second-order valence-corrected chi connectivity index (χ2v) is 6.50. The minimum absolute atomic E-state index is 0.0648. The van der Waals surface area contributed by atoms with Gasteiger partial charge in [-0.15, -0.1) is 0 Å². The van der Waals surface area contributed by atoms with Gasteiger partial charge in [-0.3, -0.25) is 9.59 Å². The van der Waals surface area contributed by atoms with Crippen LogP contribution in [0.3, 0.4) is 0 Å². The van der Waals surface area contributed by atoms with Crippen LogP contribution in [0.5, 0.6) is 0 Å². The largest absolute Gasteiger partial charge is 0.360 e. The Morgan fingerprint density at radius 2 is 1.85 bits per heavy atom. The summed E-state index contributed by atoms with van der Waals surface area (Å²) in [5.74, 6) is -0.655. The molecule has 2 N–H and O–H groups in total. The van der Waals surface area contributed by atoms with Crippen LogP contribution in [0.2, 0.25) is 0 Å². The molecule has 1 aromatic heterocycles. The number of halogens is 1. The predicted molar refractivity (Wildman–Crippen MR) is 95.9 cm³/mol. The Kier molecular flexibility index (Phi) is 4.16. The molecule has 0 bridgehead atoms. The number of rotatable bonds is 4. The van der Waals surface area contributed by atoms with Gasteiger partial charge in [0.2, 0.25) is 5.91 Å². The zero-order valence-electron chi connectivity index (χ0n) is 14.0. The molecule has 132 valence electrons. The second-order valence-electron chi connectivity index (χ2n) is 6.50. The number of H-pyrrole nitrogens is 1. The molecular formula is C20H18FN3O2. The number of hydrogen-bond acceptors (Lipinski definition) is 2. The molecule has 1 fully saturated rings. The number of amides is 2. The standard InChI is InChI=1S/C20H18FN3O2/c21-15-7-5-13(6-8-15)9-23-19(25)14-11-24(12-14)20(26)17-10-22-18-4-2-1-3-16(17)18/h1-8,10,14,22H,9,11-12H2,(H,23,25). The van der Waals surface area contributed by atoms with Crippen LogP contribution in [-0.4, -0.2) is 34.8 Å². The third-order valence-electron chi connectivity index (χ3n) is 4.74. The summed E-state index contributed by atoms with van der Waals surface area (Å²) in [6.45, 7) is 1.17. The highest BCUT2D eigenvalue weighted by Crippen LogP contribution is 2.24. The summed E-state index contributed by atoms with van der Waals surface area (Å²) in [6, 6.07) is 13.7. The molecule has 3 aromatic rings.